The van der Waals surface area contributed by atoms with Crippen molar-refractivity contribution in [2.75, 3.05) is 5.32 Å². The number of thioether (sulfide) groups is 1. The van der Waals surface area contributed by atoms with Gasteiger partial charge in [0.05, 0.1) is 12.2 Å². The first-order valence-corrected chi connectivity index (χ1v) is 12.2. The van der Waals surface area contributed by atoms with Gasteiger partial charge in [0.15, 0.2) is 5.17 Å². The summed E-state index contributed by atoms with van der Waals surface area (Å²) in [4.78, 5) is 32.3. The number of carbonyl (C=O) groups excluding carboxylic acids is 2. The highest BCUT2D eigenvalue weighted by Crippen LogP contribution is 2.31. The second-order valence-electron chi connectivity index (χ2n) is 7.14. The van der Waals surface area contributed by atoms with Crippen molar-refractivity contribution in [3.8, 4) is 0 Å². The van der Waals surface area contributed by atoms with Crippen LogP contribution in [-0.4, -0.2) is 27.1 Å². The molecule has 0 radical (unpaired) electrons. The van der Waals surface area contributed by atoms with Crippen LogP contribution >= 0.6 is 46.0 Å². The Morgan fingerprint density at radius 3 is 2.44 bits per heavy atom. The van der Waals surface area contributed by atoms with Crippen LogP contribution in [0.25, 0.3) is 0 Å². The van der Waals surface area contributed by atoms with Gasteiger partial charge in [-0.2, -0.15) is 0 Å². The van der Waals surface area contributed by atoms with Crippen LogP contribution in [-0.2, 0) is 16.1 Å². The second kappa shape index (κ2) is 10.5. The van der Waals surface area contributed by atoms with E-state index in [1.54, 1.807) is 29.2 Å². The minimum absolute atomic E-state index is 0.105. The average Bonchev–Trinajstić information content (AvgIpc) is 2.79. The van der Waals surface area contributed by atoms with Gasteiger partial charge in [-0.3, -0.25) is 14.5 Å². The Bertz CT molecular complexity index is 1140. The van der Waals surface area contributed by atoms with Crippen molar-refractivity contribution in [1.82, 2.24) is 4.90 Å². The Balaban J connectivity index is 1.58. The van der Waals surface area contributed by atoms with Crippen LogP contribution in [0, 0.1) is 3.57 Å². The maximum atomic E-state index is 13.1. The summed E-state index contributed by atoms with van der Waals surface area (Å²) < 4.78 is 1.08. The third-order valence-electron chi connectivity index (χ3n) is 4.78. The van der Waals surface area contributed by atoms with Crippen molar-refractivity contribution in [1.29, 1.82) is 0 Å². The molecule has 3 aromatic carbocycles. The van der Waals surface area contributed by atoms with Crippen LogP contribution in [0.15, 0.2) is 83.9 Å². The quantitative estimate of drug-likeness (QED) is 0.374. The average molecular weight is 576 g/mol. The lowest BCUT2D eigenvalue weighted by atomic mass is 10.2. The summed E-state index contributed by atoms with van der Waals surface area (Å²) in [7, 11) is 0. The van der Waals surface area contributed by atoms with E-state index in [1.165, 1.54) is 11.8 Å². The number of benzene rings is 3. The van der Waals surface area contributed by atoms with E-state index in [0.29, 0.717) is 28.1 Å². The van der Waals surface area contributed by atoms with Crippen molar-refractivity contribution >= 4 is 74.3 Å². The first-order valence-electron chi connectivity index (χ1n) is 9.89. The Hall–Kier alpha value is -2.36. The van der Waals surface area contributed by atoms with Gasteiger partial charge in [0.25, 0.3) is 0 Å². The van der Waals surface area contributed by atoms with Gasteiger partial charge in [-0.1, -0.05) is 53.7 Å². The number of carbonyl (C=O) groups is 2. The van der Waals surface area contributed by atoms with Crippen LogP contribution in [0.4, 0.5) is 11.4 Å². The monoisotopic (exact) mass is 575 g/mol. The molecular weight excluding hydrogens is 557 g/mol. The highest BCUT2D eigenvalue weighted by atomic mass is 127. The molecule has 1 unspecified atom stereocenters. The number of nitrogens with zero attached hydrogens (tertiary/aromatic N) is 2. The molecule has 162 valence electrons. The Morgan fingerprint density at radius 1 is 1.06 bits per heavy atom. The molecule has 1 atom stereocenters. The number of hydrogen-bond donors (Lipinski definition) is 1. The van der Waals surface area contributed by atoms with E-state index in [-0.39, 0.29) is 18.2 Å². The highest BCUT2D eigenvalue weighted by Gasteiger charge is 2.36. The Morgan fingerprint density at radius 2 is 1.75 bits per heavy atom. The normalized spacial score (nSPS) is 17.4. The maximum absolute atomic E-state index is 13.1. The van der Waals surface area contributed by atoms with Gasteiger partial charge in [-0.15, -0.1) is 0 Å². The van der Waals surface area contributed by atoms with Crippen molar-refractivity contribution in [2.24, 2.45) is 4.99 Å². The first kappa shape index (κ1) is 22.8. The van der Waals surface area contributed by atoms with E-state index in [4.69, 9.17) is 11.6 Å². The number of amides is 2. The van der Waals surface area contributed by atoms with Crippen molar-refractivity contribution in [2.45, 2.75) is 18.2 Å². The highest BCUT2D eigenvalue weighted by molar-refractivity contribution is 14.1. The van der Waals surface area contributed by atoms with Crippen molar-refractivity contribution in [3.63, 3.8) is 0 Å². The van der Waals surface area contributed by atoms with Gasteiger partial charge in [-0.05, 0) is 76.7 Å². The molecule has 1 saturated heterocycles. The molecule has 4 rings (SSSR count). The maximum Gasteiger partial charge on any atom is 0.238 e. The Kier molecular flexibility index (Phi) is 7.49. The zero-order valence-electron chi connectivity index (χ0n) is 16.9. The predicted octanol–water partition coefficient (Wildman–Crippen LogP) is 6.11. The molecule has 1 aliphatic rings. The molecular formula is C24H19ClIN3O2S. The molecule has 1 aliphatic heterocycles. The summed E-state index contributed by atoms with van der Waals surface area (Å²) in [6, 6.07) is 24.3. The summed E-state index contributed by atoms with van der Waals surface area (Å²) in [5.74, 6) is -0.351. The van der Waals surface area contributed by atoms with Gasteiger partial charge in [0.2, 0.25) is 11.8 Å². The van der Waals surface area contributed by atoms with Crippen LogP contribution in [0.5, 0.6) is 0 Å². The molecule has 0 saturated carbocycles. The lowest BCUT2D eigenvalue weighted by Crippen LogP contribution is -2.44. The van der Waals surface area contributed by atoms with Crippen molar-refractivity contribution in [3.05, 3.63) is 93.0 Å². The van der Waals surface area contributed by atoms with E-state index in [1.807, 2.05) is 54.6 Å². The molecule has 0 bridgehead atoms. The molecule has 8 heteroatoms. The minimum atomic E-state index is -0.570. The summed E-state index contributed by atoms with van der Waals surface area (Å²) >= 11 is 9.51. The number of anilines is 1. The molecule has 1 heterocycles. The number of rotatable bonds is 5. The third kappa shape index (κ3) is 5.90. The number of amidine groups is 1. The SMILES string of the molecule is O=C(Nc1ccc(I)cc1)C1CC(=O)N(Cc2ccccc2)C(=Nc2ccc(Cl)cc2)S1. The lowest BCUT2D eigenvalue weighted by molar-refractivity contribution is -0.129. The van der Waals surface area contributed by atoms with Gasteiger partial charge >= 0.3 is 0 Å². The van der Waals surface area contributed by atoms with E-state index >= 15 is 0 Å². The number of halogens is 2. The molecule has 0 aliphatic carbocycles. The summed E-state index contributed by atoms with van der Waals surface area (Å²) in [6.45, 7) is 0.393. The number of aliphatic imine (C=N–C) groups is 1. The predicted molar refractivity (Wildman–Crippen MR) is 139 cm³/mol. The molecule has 3 aromatic rings. The van der Waals surface area contributed by atoms with Gasteiger partial charge in [0.1, 0.15) is 5.25 Å². The van der Waals surface area contributed by atoms with E-state index in [0.717, 1.165) is 9.13 Å². The van der Waals surface area contributed by atoms with E-state index < -0.39 is 5.25 Å². The van der Waals surface area contributed by atoms with Gasteiger partial charge in [0, 0.05) is 20.7 Å². The smallest absolute Gasteiger partial charge is 0.238 e. The van der Waals surface area contributed by atoms with E-state index in [9.17, 15) is 9.59 Å². The summed E-state index contributed by atoms with van der Waals surface area (Å²) in [6.07, 6.45) is 0.105. The molecule has 5 nitrogen and oxygen atoms in total. The lowest BCUT2D eigenvalue weighted by Gasteiger charge is -2.32. The second-order valence-corrected chi connectivity index (χ2v) is 9.99. The fourth-order valence-electron chi connectivity index (χ4n) is 3.14. The number of hydrogen-bond acceptors (Lipinski definition) is 4. The first-order chi connectivity index (χ1) is 15.5. The fraction of sp³-hybridized carbons (Fsp3) is 0.125. The minimum Gasteiger partial charge on any atom is -0.325 e. The summed E-state index contributed by atoms with van der Waals surface area (Å²) in [5.41, 5.74) is 2.36. The fourth-order valence-corrected chi connectivity index (χ4v) is 4.73. The van der Waals surface area contributed by atoms with Crippen molar-refractivity contribution < 1.29 is 9.59 Å². The topological polar surface area (TPSA) is 61.8 Å². The third-order valence-corrected chi connectivity index (χ3v) is 6.94. The molecule has 0 spiro atoms. The van der Waals surface area contributed by atoms with Crippen LogP contribution < -0.4 is 5.32 Å². The zero-order chi connectivity index (χ0) is 22.5. The van der Waals surface area contributed by atoms with Gasteiger partial charge in [-0.25, -0.2) is 4.99 Å². The number of nitrogens with one attached hydrogen (secondary N) is 1. The molecule has 2 amide bonds. The molecule has 1 fully saturated rings. The zero-order valence-corrected chi connectivity index (χ0v) is 20.6. The van der Waals surface area contributed by atoms with Crippen LogP contribution in [0.3, 0.4) is 0 Å². The van der Waals surface area contributed by atoms with Crippen LogP contribution in [0.1, 0.15) is 12.0 Å². The van der Waals surface area contributed by atoms with Crippen LogP contribution in [0.2, 0.25) is 5.02 Å². The van der Waals surface area contributed by atoms with E-state index in [2.05, 4.69) is 32.9 Å². The molecule has 1 N–H and O–H groups in total. The standard InChI is InChI=1S/C24H19ClIN3O2S/c25-17-6-10-20(11-7-17)28-24-29(15-16-4-2-1-3-5-16)22(30)14-21(32-24)23(31)27-19-12-8-18(26)9-13-19/h1-13,21H,14-15H2,(H,27,31). The molecule has 32 heavy (non-hydrogen) atoms. The summed E-state index contributed by atoms with van der Waals surface area (Å²) in [5, 5.41) is 3.44. The largest absolute Gasteiger partial charge is 0.325 e. The Labute approximate surface area is 209 Å². The van der Waals surface area contributed by atoms with Gasteiger partial charge < -0.3 is 5.32 Å². The molecule has 0 aromatic heterocycles.